The number of hydrogen-bond acceptors (Lipinski definition) is 2. The number of halogens is 4. The molecule has 1 aliphatic heterocycles. The fourth-order valence-corrected chi connectivity index (χ4v) is 1.08. The third-order valence-corrected chi connectivity index (χ3v) is 2.06. The highest BCUT2D eigenvalue weighted by molar-refractivity contribution is 4.97. The molecule has 0 saturated heterocycles. The third kappa shape index (κ3) is 1.57. The van der Waals surface area contributed by atoms with Gasteiger partial charge in [0.15, 0.2) is 0 Å². The Kier molecular flexibility index (Phi) is 2.40. The summed E-state index contributed by atoms with van der Waals surface area (Å²) in [5.41, 5.74) is 0. The Hall–Kier alpha value is -0.940. The van der Waals surface area contributed by atoms with Crippen molar-refractivity contribution in [3.05, 3.63) is 12.4 Å². The molecule has 0 aromatic heterocycles. The smallest absolute Gasteiger partial charge is 0.359 e. The van der Waals surface area contributed by atoms with Crippen LogP contribution in [0.15, 0.2) is 12.4 Å². The first-order chi connectivity index (χ1) is 5.87. The van der Waals surface area contributed by atoms with E-state index in [1.165, 1.54) is 18.0 Å². The Balaban J connectivity index is 2.79. The highest BCUT2D eigenvalue weighted by Crippen LogP contribution is 2.32. The Morgan fingerprint density at radius 2 is 1.85 bits per heavy atom. The first kappa shape index (κ1) is 10.1. The molecule has 13 heavy (non-hydrogen) atoms. The molecule has 1 aliphatic rings. The van der Waals surface area contributed by atoms with Gasteiger partial charge in [0.2, 0.25) is 0 Å². The van der Waals surface area contributed by atoms with E-state index < -0.39 is 18.6 Å². The molecule has 1 heterocycles. The van der Waals surface area contributed by atoms with Crippen molar-refractivity contribution >= 4 is 0 Å². The molecule has 1 atom stereocenters. The van der Waals surface area contributed by atoms with Gasteiger partial charge < -0.3 is 4.90 Å². The van der Waals surface area contributed by atoms with Crippen LogP contribution in [0.4, 0.5) is 17.6 Å². The van der Waals surface area contributed by atoms with E-state index in [2.05, 4.69) is 0 Å². The molecule has 2 nitrogen and oxygen atoms in total. The van der Waals surface area contributed by atoms with Crippen molar-refractivity contribution < 1.29 is 17.6 Å². The summed E-state index contributed by atoms with van der Waals surface area (Å²) in [7, 11) is 1.54. The Morgan fingerprint density at radius 1 is 1.31 bits per heavy atom. The van der Waals surface area contributed by atoms with Crippen LogP contribution in [0.3, 0.4) is 0 Å². The Labute approximate surface area is 73.4 Å². The van der Waals surface area contributed by atoms with E-state index in [4.69, 9.17) is 0 Å². The molecule has 1 unspecified atom stereocenters. The Morgan fingerprint density at radius 3 is 2.15 bits per heavy atom. The van der Waals surface area contributed by atoms with E-state index >= 15 is 0 Å². The van der Waals surface area contributed by atoms with Gasteiger partial charge in [-0.1, -0.05) is 0 Å². The van der Waals surface area contributed by atoms with Gasteiger partial charge in [-0.15, -0.1) is 0 Å². The van der Waals surface area contributed by atoms with Gasteiger partial charge in [-0.05, 0) is 6.92 Å². The maximum absolute atomic E-state index is 12.8. The molecular weight excluding hydrogens is 188 g/mol. The fraction of sp³-hybridized carbons (Fsp3) is 0.714. The van der Waals surface area contributed by atoms with Gasteiger partial charge in [0.05, 0.1) is 0 Å². The van der Waals surface area contributed by atoms with Crippen LogP contribution in [-0.2, 0) is 0 Å². The predicted molar refractivity (Wildman–Crippen MR) is 39.2 cm³/mol. The van der Waals surface area contributed by atoms with Crippen molar-refractivity contribution in [2.75, 3.05) is 7.05 Å². The molecule has 0 aromatic carbocycles. The van der Waals surface area contributed by atoms with Crippen LogP contribution in [0.25, 0.3) is 0 Å². The van der Waals surface area contributed by atoms with Crippen molar-refractivity contribution in [2.24, 2.45) is 0 Å². The summed E-state index contributed by atoms with van der Waals surface area (Å²) in [5.74, 6) is 0. The van der Waals surface area contributed by atoms with Crippen molar-refractivity contribution in [2.45, 2.75) is 25.6 Å². The van der Waals surface area contributed by atoms with Crippen LogP contribution in [-0.4, -0.2) is 35.5 Å². The van der Waals surface area contributed by atoms with Gasteiger partial charge in [0.1, 0.15) is 6.17 Å². The minimum absolute atomic E-state index is 0.345. The summed E-state index contributed by atoms with van der Waals surface area (Å²) in [6.07, 6.45) is -2.12. The van der Waals surface area contributed by atoms with E-state index in [9.17, 15) is 17.6 Å². The second-order valence-electron chi connectivity index (χ2n) is 2.89. The molecule has 0 aliphatic carbocycles. The standard InChI is InChI=1S/C7H10F4N2/c1-5-12(2)3-4-13(5)7(10,11)6(8)9/h3-6H,1-2H3. The average Bonchev–Trinajstić information content (AvgIpc) is 2.33. The van der Waals surface area contributed by atoms with Crippen molar-refractivity contribution in [3.63, 3.8) is 0 Å². The highest BCUT2D eigenvalue weighted by Gasteiger charge is 2.49. The zero-order valence-electron chi connectivity index (χ0n) is 7.22. The van der Waals surface area contributed by atoms with Gasteiger partial charge in [-0.3, -0.25) is 4.90 Å². The first-order valence-corrected chi connectivity index (χ1v) is 3.72. The maximum atomic E-state index is 12.8. The van der Waals surface area contributed by atoms with Crippen molar-refractivity contribution in [1.82, 2.24) is 9.80 Å². The molecule has 0 saturated carbocycles. The number of rotatable bonds is 2. The largest absolute Gasteiger partial charge is 0.387 e. The van der Waals surface area contributed by atoms with E-state index in [0.29, 0.717) is 4.90 Å². The van der Waals surface area contributed by atoms with E-state index in [0.717, 1.165) is 6.20 Å². The SMILES string of the molecule is CC1N(C)C=CN1C(F)(F)C(F)F. The molecule has 0 bridgehead atoms. The normalized spacial score (nSPS) is 23.5. The van der Waals surface area contributed by atoms with Crippen LogP contribution in [0.5, 0.6) is 0 Å². The summed E-state index contributed by atoms with van der Waals surface area (Å²) >= 11 is 0. The lowest BCUT2D eigenvalue weighted by atomic mass is 10.4. The lowest BCUT2D eigenvalue weighted by molar-refractivity contribution is -0.225. The van der Waals surface area contributed by atoms with Crippen LogP contribution in [0, 0.1) is 0 Å². The molecule has 0 amide bonds. The molecule has 1 rings (SSSR count). The van der Waals surface area contributed by atoms with Crippen LogP contribution >= 0.6 is 0 Å². The quantitative estimate of drug-likeness (QED) is 0.494. The summed E-state index contributed by atoms with van der Waals surface area (Å²) in [5, 5.41) is 0. The van der Waals surface area contributed by atoms with Crippen LogP contribution in [0.1, 0.15) is 6.92 Å². The fourth-order valence-electron chi connectivity index (χ4n) is 1.08. The number of nitrogens with zero attached hydrogens (tertiary/aromatic N) is 2. The molecule has 0 radical (unpaired) electrons. The van der Waals surface area contributed by atoms with E-state index in [-0.39, 0.29) is 0 Å². The monoisotopic (exact) mass is 198 g/mol. The molecular formula is C7H10F4N2. The molecule has 0 fully saturated rings. The third-order valence-electron chi connectivity index (χ3n) is 2.06. The molecule has 0 spiro atoms. The number of alkyl halides is 4. The van der Waals surface area contributed by atoms with Gasteiger partial charge in [0, 0.05) is 19.4 Å². The van der Waals surface area contributed by atoms with Crippen LogP contribution < -0.4 is 0 Å². The van der Waals surface area contributed by atoms with Gasteiger partial charge in [0.25, 0.3) is 0 Å². The Bertz CT molecular complexity index is 217. The van der Waals surface area contributed by atoms with Crippen molar-refractivity contribution in [3.8, 4) is 0 Å². The minimum atomic E-state index is -4.10. The summed E-state index contributed by atoms with van der Waals surface area (Å²) in [4.78, 5) is 1.77. The number of hydrogen-bond donors (Lipinski definition) is 0. The van der Waals surface area contributed by atoms with E-state index in [1.54, 1.807) is 7.05 Å². The molecule has 0 N–H and O–H groups in total. The van der Waals surface area contributed by atoms with Gasteiger partial charge >= 0.3 is 12.5 Å². The zero-order chi connectivity index (χ0) is 10.2. The molecule has 6 heteroatoms. The topological polar surface area (TPSA) is 6.48 Å². The lowest BCUT2D eigenvalue weighted by Gasteiger charge is -2.33. The zero-order valence-corrected chi connectivity index (χ0v) is 7.22. The molecule has 76 valence electrons. The first-order valence-electron chi connectivity index (χ1n) is 3.72. The average molecular weight is 198 g/mol. The van der Waals surface area contributed by atoms with E-state index in [1.807, 2.05) is 0 Å². The summed E-state index contributed by atoms with van der Waals surface area (Å²) in [6.45, 7) is 1.43. The minimum Gasteiger partial charge on any atom is -0.359 e. The lowest BCUT2D eigenvalue weighted by Crippen LogP contribution is -2.49. The summed E-state index contributed by atoms with van der Waals surface area (Å²) in [6, 6.07) is -4.10. The summed E-state index contributed by atoms with van der Waals surface area (Å²) < 4.78 is 49.4. The second kappa shape index (κ2) is 3.08. The van der Waals surface area contributed by atoms with Gasteiger partial charge in [-0.2, -0.15) is 8.78 Å². The van der Waals surface area contributed by atoms with Gasteiger partial charge in [-0.25, -0.2) is 8.78 Å². The van der Waals surface area contributed by atoms with Crippen molar-refractivity contribution in [1.29, 1.82) is 0 Å². The van der Waals surface area contributed by atoms with Crippen LogP contribution in [0.2, 0.25) is 0 Å². The second-order valence-corrected chi connectivity index (χ2v) is 2.89. The highest BCUT2D eigenvalue weighted by atomic mass is 19.3. The molecule has 0 aromatic rings. The predicted octanol–water partition coefficient (Wildman–Crippen LogP) is 1.91. The maximum Gasteiger partial charge on any atom is 0.387 e.